The average Bonchev–Trinajstić information content (AvgIpc) is 2.04. The molecule has 72 valence electrons. The van der Waals surface area contributed by atoms with Gasteiger partial charge in [0.25, 0.3) is 0 Å². The molecule has 0 aromatic rings. The number of carbonyl (C=O) groups is 1. The Bertz CT molecular complexity index is 124. The van der Waals surface area contributed by atoms with Crippen LogP contribution >= 0.6 is 12.6 Å². The first-order chi connectivity index (χ1) is 5.76. The highest BCUT2D eigenvalue weighted by Crippen LogP contribution is 1.98. The molecule has 0 N–H and O–H groups in total. The number of ether oxygens (including phenoxy) is 1. The van der Waals surface area contributed by atoms with Crippen LogP contribution < -0.4 is 0 Å². The van der Waals surface area contributed by atoms with Crippen molar-refractivity contribution in [2.45, 2.75) is 26.7 Å². The molecule has 0 aromatic heterocycles. The molecule has 0 bridgehead atoms. The van der Waals surface area contributed by atoms with E-state index in [1.807, 2.05) is 13.8 Å². The molecule has 0 saturated heterocycles. The first-order valence-electron chi connectivity index (χ1n) is 4.28. The number of amides is 1. The summed E-state index contributed by atoms with van der Waals surface area (Å²) >= 11 is 3.82. The van der Waals surface area contributed by atoms with Crippen LogP contribution in [0.5, 0.6) is 0 Å². The summed E-state index contributed by atoms with van der Waals surface area (Å²) in [7, 11) is 0. The summed E-state index contributed by atoms with van der Waals surface area (Å²) in [5.74, 6) is 0.156. The van der Waals surface area contributed by atoms with E-state index in [0.717, 1.165) is 25.9 Å². The van der Waals surface area contributed by atoms with E-state index in [4.69, 9.17) is 4.74 Å². The van der Waals surface area contributed by atoms with E-state index in [0.29, 0.717) is 0 Å². The van der Waals surface area contributed by atoms with Crippen LogP contribution in [-0.2, 0) is 4.74 Å². The fraction of sp³-hybridized carbons (Fsp3) is 0.875. The first kappa shape index (κ1) is 11.6. The molecular weight excluding hydrogens is 174 g/mol. The molecule has 12 heavy (non-hydrogen) atoms. The largest absolute Gasteiger partial charge is 0.439 e. The summed E-state index contributed by atoms with van der Waals surface area (Å²) in [6.45, 7) is 5.61. The molecule has 0 spiro atoms. The van der Waals surface area contributed by atoms with Gasteiger partial charge in [-0.3, -0.25) is 0 Å². The van der Waals surface area contributed by atoms with Gasteiger partial charge in [0, 0.05) is 13.1 Å². The van der Waals surface area contributed by atoms with Crippen molar-refractivity contribution in [3.63, 3.8) is 0 Å². The van der Waals surface area contributed by atoms with E-state index in [9.17, 15) is 4.79 Å². The smallest absolute Gasteiger partial charge is 0.410 e. The summed E-state index contributed by atoms with van der Waals surface area (Å²) in [4.78, 5) is 12.9. The summed E-state index contributed by atoms with van der Waals surface area (Å²) in [5, 5.41) is 0. The second kappa shape index (κ2) is 7.28. The van der Waals surface area contributed by atoms with E-state index >= 15 is 0 Å². The Hall–Kier alpha value is -0.380. The summed E-state index contributed by atoms with van der Waals surface area (Å²) in [5.41, 5.74) is 0. The average molecular weight is 191 g/mol. The van der Waals surface area contributed by atoms with Crippen molar-refractivity contribution in [2.75, 3.05) is 19.0 Å². The van der Waals surface area contributed by atoms with Crippen molar-refractivity contribution in [1.82, 2.24) is 4.90 Å². The Kier molecular flexibility index (Phi) is 7.05. The van der Waals surface area contributed by atoms with Crippen LogP contribution in [0.25, 0.3) is 0 Å². The normalized spacial score (nSPS) is 9.58. The maximum atomic E-state index is 11.2. The Morgan fingerprint density at radius 2 is 1.83 bits per heavy atom. The van der Waals surface area contributed by atoms with Gasteiger partial charge in [0.15, 0.2) is 0 Å². The van der Waals surface area contributed by atoms with Gasteiger partial charge in [-0.25, -0.2) is 4.79 Å². The Morgan fingerprint density at radius 3 is 2.17 bits per heavy atom. The zero-order chi connectivity index (χ0) is 9.40. The maximum absolute atomic E-state index is 11.2. The molecule has 4 heteroatoms. The number of thiol groups is 1. The van der Waals surface area contributed by atoms with Crippen LogP contribution in [0.3, 0.4) is 0 Å². The van der Waals surface area contributed by atoms with Crippen LogP contribution in [0, 0.1) is 0 Å². The summed E-state index contributed by atoms with van der Waals surface area (Å²) < 4.78 is 4.76. The predicted octanol–water partition coefficient (Wildman–Crippen LogP) is 2.13. The second-order valence-corrected chi connectivity index (χ2v) is 2.78. The van der Waals surface area contributed by atoms with Gasteiger partial charge in [-0.15, -0.1) is 12.6 Å². The minimum atomic E-state index is -0.256. The van der Waals surface area contributed by atoms with Crippen LogP contribution in [0.4, 0.5) is 4.79 Å². The van der Waals surface area contributed by atoms with E-state index in [2.05, 4.69) is 12.6 Å². The lowest BCUT2D eigenvalue weighted by Gasteiger charge is -2.19. The topological polar surface area (TPSA) is 29.5 Å². The SMILES string of the molecule is CCCN(CCC)C(=O)OCS. The third kappa shape index (κ3) is 4.49. The van der Waals surface area contributed by atoms with Crippen LogP contribution in [0.1, 0.15) is 26.7 Å². The molecule has 0 saturated carbocycles. The highest BCUT2D eigenvalue weighted by Gasteiger charge is 2.11. The van der Waals surface area contributed by atoms with Gasteiger partial charge in [-0.1, -0.05) is 13.8 Å². The van der Waals surface area contributed by atoms with Gasteiger partial charge >= 0.3 is 6.09 Å². The fourth-order valence-corrected chi connectivity index (χ4v) is 1.09. The van der Waals surface area contributed by atoms with E-state index in [1.165, 1.54) is 0 Å². The summed E-state index contributed by atoms with van der Waals surface area (Å²) in [6.07, 6.45) is 1.66. The zero-order valence-corrected chi connectivity index (χ0v) is 8.64. The van der Waals surface area contributed by atoms with Gasteiger partial charge < -0.3 is 9.64 Å². The molecule has 0 aromatic carbocycles. The number of hydrogen-bond donors (Lipinski definition) is 1. The van der Waals surface area contributed by atoms with E-state index < -0.39 is 0 Å². The van der Waals surface area contributed by atoms with E-state index in [-0.39, 0.29) is 12.0 Å². The number of carbonyl (C=O) groups excluding carboxylic acids is 1. The highest BCUT2D eigenvalue weighted by molar-refractivity contribution is 7.80. The van der Waals surface area contributed by atoms with Crippen molar-refractivity contribution >= 4 is 18.7 Å². The predicted molar refractivity (Wildman–Crippen MR) is 52.5 cm³/mol. The van der Waals surface area contributed by atoms with Gasteiger partial charge in [-0.05, 0) is 12.8 Å². The highest BCUT2D eigenvalue weighted by atomic mass is 32.1. The Morgan fingerprint density at radius 1 is 1.33 bits per heavy atom. The lowest BCUT2D eigenvalue weighted by atomic mass is 10.4. The Balaban J connectivity index is 3.81. The number of hydrogen-bond acceptors (Lipinski definition) is 3. The molecule has 0 aliphatic heterocycles. The Labute approximate surface area is 79.5 Å². The van der Waals surface area contributed by atoms with Crippen LogP contribution in [0.2, 0.25) is 0 Å². The molecule has 0 fully saturated rings. The first-order valence-corrected chi connectivity index (χ1v) is 4.92. The van der Waals surface area contributed by atoms with Crippen LogP contribution in [-0.4, -0.2) is 30.0 Å². The minimum Gasteiger partial charge on any atom is -0.439 e. The van der Waals surface area contributed by atoms with Gasteiger partial charge in [0.05, 0.1) is 0 Å². The van der Waals surface area contributed by atoms with Crippen molar-refractivity contribution in [3.05, 3.63) is 0 Å². The molecule has 0 atom stereocenters. The maximum Gasteiger partial charge on any atom is 0.410 e. The quantitative estimate of drug-likeness (QED) is 0.533. The third-order valence-electron chi connectivity index (χ3n) is 1.43. The van der Waals surface area contributed by atoms with E-state index in [1.54, 1.807) is 4.90 Å². The van der Waals surface area contributed by atoms with Gasteiger partial charge in [-0.2, -0.15) is 0 Å². The molecule has 0 aliphatic rings. The minimum absolute atomic E-state index is 0.156. The van der Waals surface area contributed by atoms with Crippen molar-refractivity contribution in [1.29, 1.82) is 0 Å². The van der Waals surface area contributed by atoms with Crippen molar-refractivity contribution < 1.29 is 9.53 Å². The molecule has 3 nitrogen and oxygen atoms in total. The standard InChI is InChI=1S/C8H17NO2S/c1-3-5-9(6-4-2)8(10)11-7-12/h12H,3-7H2,1-2H3. The number of nitrogens with zero attached hydrogens (tertiary/aromatic N) is 1. The monoisotopic (exact) mass is 191 g/mol. The molecule has 0 rings (SSSR count). The zero-order valence-electron chi connectivity index (χ0n) is 7.75. The molecule has 0 aliphatic carbocycles. The van der Waals surface area contributed by atoms with Crippen molar-refractivity contribution in [3.8, 4) is 0 Å². The summed E-state index contributed by atoms with van der Waals surface area (Å²) in [6, 6.07) is 0. The van der Waals surface area contributed by atoms with Crippen LogP contribution in [0.15, 0.2) is 0 Å². The molecular formula is C8H17NO2S. The third-order valence-corrected chi connectivity index (χ3v) is 1.56. The lowest BCUT2D eigenvalue weighted by Crippen LogP contribution is -2.32. The van der Waals surface area contributed by atoms with Gasteiger partial charge in [0.2, 0.25) is 0 Å². The van der Waals surface area contributed by atoms with Gasteiger partial charge in [0.1, 0.15) is 5.94 Å². The number of rotatable bonds is 5. The molecule has 0 heterocycles. The lowest BCUT2D eigenvalue weighted by molar-refractivity contribution is 0.119. The van der Waals surface area contributed by atoms with Crippen molar-refractivity contribution in [2.24, 2.45) is 0 Å². The molecule has 0 unspecified atom stereocenters. The fourth-order valence-electron chi connectivity index (χ4n) is 0.981. The molecule has 0 radical (unpaired) electrons. The second-order valence-electron chi connectivity index (χ2n) is 2.53. The molecule has 1 amide bonds.